The van der Waals surface area contributed by atoms with Gasteiger partial charge in [-0.05, 0) is 31.2 Å². The number of nitrogens with one attached hydrogen (secondary N) is 1. The lowest BCUT2D eigenvalue weighted by atomic mass is 9.99. The standard InChI is InChI=1S/C23H20N4O4S/c1-23(18-11-14-7-3-5-9-16(14)31-18)21(29)27(22(30)25-23)13-20(28)26(2)12-19-24-15-8-4-6-10-17(15)32-19/h3-11H,12-13H2,1-2H3,(H,25,30)/t23-/m0/s1. The molecule has 1 atom stereocenters. The fourth-order valence-corrected chi connectivity index (χ4v) is 4.79. The van der Waals surface area contributed by atoms with Gasteiger partial charge in [0.1, 0.15) is 22.9 Å². The van der Waals surface area contributed by atoms with Crippen LogP contribution in [0.15, 0.2) is 59.0 Å². The highest BCUT2D eigenvalue weighted by molar-refractivity contribution is 7.18. The molecule has 162 valence electrons. The number of imide groups is 1. The van der Waals surface area contributed by atoms with Crippen LogP contribution in [0, 0.1) is 0 Å². The first kappa shape index (κ1) is 20.2. The van der Waals surface area contributed by atoms with E-state index in [-0.39, 0.29) is 12.5 Å². The minimum atomic E-state index is -1.37. The summed E-state index contributed by atoms with van der Waals surface area (Å²) < 4.78 is 6.86. The maximum Gasteiger partial charge on any atom is 0.325 e. The summed E-state index contributed by atoms with van der Waals surface area (Å²) >= 11 is 1.51. The van der Waals surface area contributed by atoms with Crippen LogP contribution in [-0.4, -0.2) is 46.2 Å². The molecule has 8 nitrogen and oxygen atoms in total. The number of rotatable bonds is 5. The Morgan fingerprint density at radius 2 is 1.94 bits per heavy atom. The molecule has 0 unspecified atom stereocenters. The molecule has 2 aromatic heterocycles. The highest BCUT2D eigenvalue weighted by Crippen LogP contribution is 2.33. The number of thiazole rings is 1. The van der Waals surface area contributed by atoms with Gasteiger partial charge in [-0.3, -0.25) is 14.5 Å². The first-order valence-electron chi connectivity index (χ1n) is 10.1. The Kier molecular flexibility index (Phi) is 4.70. The van der Waals surface area contributed by atoms with Crippen LogP contribution in [0.4, 0.5) is 4.79 Å². The van der Waals surface area contributed by atoms with Gasteiger partial charge in [0.15, 0.2) is 5.54 Å². The first-order chi connectivity index (χ1) is 15.3. The predicted molar refractivity (Wildman–Crippen MR) is 120 cm³/mol. The van der Waals surface area contributed by atoms with Gasteiger partial charge in [-0.15, -0.1) is 11.3 Å². The Bertz CT molecular complexity index is 1310. The van der Waals surface area contributed by atoms with E-state index >= 15 is 0 Å². The summed E-state index contributed by atoms with van der Waals surface area (Å²) in [7, 11) is 1.63. The zero-order valence-corrected chi connectivity index (χ0v) is 18.3. The highest BCUT2D eigenvalue weighted by atomic mass is 32.1. The van der Waals surface area contributed by atoms with Gasteiger partial charge in [0.25, 0.3) is 5.91 Å². The molecule has 1 aliphatic rings. The van der Waals surface area contributed by atoms with Crippen molar-refractivity contribution in [2.45, 2.75) is 19.0 Å². The van der Waals surface area contributed by atoms with Crippen molar-refractivity contribution in [2.75, 3.05) is 13.6 Å². The van der Waals surface area contributed by atoms with Gasteiger partial charge in [0.05, 0.1) is 16.8 Å². The second kappa shape index (κ2) is 7.45. The van der Waals surface area contributed by atoms with E-state index in [1.54, 1.807) is 26.1 Å². The van der Waals surface area contributed by atoms with Crippen molar-refractivity contribution in [2.24, 2.45) is 0 Å². The number of fused-ring (bicyclic) bond motifs is 2. The molecule has 1 fully saturated rings. The van der Waals surface area contributed by atoms with Crippen LogP contribution in [0.5, 0.6) is 0 Å². The minimum absolute atomic E-state index is 0.294. The second-order valence-corrected chi connectivity index (χ2v) is 9.04. The van der Waals surface area contributed by atoms with E-state index in [1.807, 2.05) is 42.5 Å². The number of hydrogen-bond acceptors (Lipinski definition) is 6. The Labute approximate surface area is 187 Å². The summed E-state index contributed by atoms with van der Waals surface area (Å²) in [5.74, 6) is -0.556. The maximum absolute atomic E-state index is 13.2. The van der Waals surface area contributed by atoms with Crippen molar-refractivity contribution in [1.29, 1.82) is 0 Å². The molecule has 1 N–H and O–H groups in total. The van der Waals surface area contributed by atoms with Crippen molar-refractivity contribution in [1.82, 2.24) is 20.1 Å². The third kappa shape index (κ3) is 3.31. The number of urea groups is 1. The summed E-state index contributed by atoms with van der Waals surface area (Å²) in [6.07, 6.45) is 0. The molecule has 32 heavy (non-hydrogen) atoms. The molecule has 0 spiro atoms. The molecule has 0 saturated carbocycles. The summed E-state index contributed by atoms with van der Waals surface area (Å²) in [4.78, 5) is 45.5. The lowest BCUT2D eigenvalue weighted by molar-refractivity contribution is -0.138. The van der Waals surface area contributed by atoms with Crippen molar-refractivity contribution in [3.8, 4) is 0 Å². The summed E-state index contributed by atoms with van der Waals surface area (Å²) in [5.41, 5.74) is 0.127. The summed E-state index contributed by atoms with van der Waals surface area (Å²) in [5, 5.41) is 4.29. The van der Waals surface area contributed by atoms with E-state index < -0.39 is 17.5 Å². The van der Waals surface area contributed by atoms with Crippen LogP contribution < -0.4 is 5.32 Å². The molecular formula is C23H20N4O4S. The Morgan fingerprint density at radius 1 is 1.19 bits per heavy atom. The van der Waals surface area contributed by atoms with Gasteiger partial charge in [-0.25, -0.2) is 9.78 Å². The molecule has 9 heteroatoms. The normalized spacial score (nSPS) is 18.5. The highest BCUT2D eigenvalue weighted by Gasteiger charge is 2.51. The third-order valence-electron chi connectivity index (χ3n) is 5.62. The van der Waals surface area contributed by atoms with E-state index in [1.165, 1.54) is 16.2 Å². The van der Waals surface area contributed by atoms with Crippen LogP contribution in [0.2, 0.25) is 0 Å². The number of carbonyl (C=O) groups is 3. The minimum Gasteiger partial charge on any atom is -0.458 e. The third-order valence-corrected chi connectivity index (χ3v) is 6.64. The van der Waals surface area contributed by atoms with E-state index in [4.69, 9.17) is 4.42 Å². The number of benzene rings is 2. The number of aromatic nitrogens is 1. The fraction of sp³-hybridized carbons (Fsp3) is 0.217. The van der Waals surface area contributed by atoms with E-state index in [9.17, 15) is 14.4 Å². The van der Waals surface area contributed by atoms with Gasteiger partial charge in [-0.1, -0.05) is 30.3 Å². The van der Waals surface area contributed by atoms with E-state index in [2.05, 4.69) is 10.3 Å². The number of amides is 4. The topological polar surface area (TPSA) is 95.8 Å². The zero-order chi connectivity index (χ0) is 22.5. The van der Waals surface area contributed by atoms with Crippen molar-refractivity contribution < 1.29 is 18.8 Å². The molecule has 0 bridgehead atoms. The Morgan fingerprint density at radius 3 is 2.72 bits per heavy atom. The number of para-hydroxylation sites is 2. The molecule has 1 saturated heterocycles. The second-order valence-electron chi connectivity index (χ2n) is 7.92. The average Bonchev–Trinajstić information content (AvgIpc) is 3.45. The van der Waals surface area contributed by atoms with E-state index in [0.29, 0.717) is 17.9 Å². The van der Waals surface area contributed by atoms with Crippen LogP contribution in [0.1, 0.15) is 17.7 Å². The smallest absolute Gasteiger partial charge is 0.325 e. The van der Waals surface area contributed by atoms with Gasteiger partial charge in [0.2, 0.25) is 5.91 Å². The number of hydrogen-bond donors (Lipinski definition) is 1. The predicted octanol–water partition coefficient (Wildman–Crippen LogP) is 3.47. The van der Waals surface area contributed by atoms with Crippen LogP contribution in [0.3, 0.4) is 0 Å². The quantitative estimate of drug-likeness (QED) is 0.472. The molecule has 4 amide bonds. The van der Waals surface area contributed by atoms with Crippen LogP contribution in [-0.2, 0) is 21.7 Å². The Balaban J connectivity index is 1.31. The number of likely N-dealkylation sites (N-methyl/N-ethyl adjacent to an activating group) is 1. The molecular weight excluding hydrogens is 428 g/mol. The summed E-state index contributed by atoms with van der Waals surface area (Å²) in [6.45, 7) is 1.52. The van der Waals surface area contributed by atoms with Gasteiger partial charge < -0.3 is 14.6 Å². The molecule has 3 heterocycles. The molecule has 2 aromatic carbocycles. The molecule has 5 rings (SSSR count). The monoisotopic (exact) mass is 448 g/mol. The number of carbonyl (C=O) groups excluding carboxylic acids is 3. The SMILES string of the molecule is CN(Cc1nc2ccccc2s1)C(=O)CN1C(=O)N[C@@](C)(c2cc3ccccc3o2)C1=O. The van der Waals surface area contributed by atoms with Gasteiger partial charge >= 0.3 is 6.03 Å². The number of nitrogens with zero attached hydrogens (tertiary/aromatic N) is 3. The van der Waals surface area contributed by atoms with Crippen molar-refractivity contribution in [3.63, 3.8) is 0 Å². The largest absolute Gasteiger partial charge is 0.458 e. The molecule has 1 aliphatic heterocycles. The number of furan rings is 1. The molecule has 0 aliphatic carbocycles. The zero-order valence-electron chi connectivity index (χ0n) is 17.5. The fourth-order valence-electron chi connectivity index (χ4n) is 3.77. The van der Waals surface area contributed by atoms with Crippen LogP contribution in [0.25, 0.3) is 21.2 Å². The summed E-state index contributed by atoms with van der Waals surface area (Å²) in [6, 6.07) is 16.2. The lowest BCUT2D eigenvalue weighted by Crippen LogP contribution is -2.43. The molecule has 0 radical (unpaired) electrons. The maximum atomic E-state index is 13.2. The average molecular weight is 449 g/mol. The Hall–Kier alpha value is -3.72. The van der Waals surface area contributed by atoms with Crippen molar-refractivity contribution in [3.05, 3.63) is 65.4 Å². The molecule has 4 aromatic rings. The van der Waals surface area contributed by atoms with Crippen molar-refractivity contribution >= 4 is 50.4 Å². The van der Waals surface area contributed by atoms with Gasteiger partial charge in [0, 0.05) is 12.4 Å². The first-order valence-corrected chi connectivity index (χ1v) is 10.9. The van der Waals surface area contributed by atoms with E-state index in [0.717, 1.165) is 25.5 Å². The lowest BCUT2D eigenvalue weighted by Gasteiger charge is -2.21. The van der Waals surface area contributed by atoms with Crippen LogP contribution >= 0.6 is 11.3 Å². The van der Waals surface area contributed by atoms with Gasteiger partial charge in [-0.2, -0.15) is 0 Å².